The zero-order valence-corrected chi connectivity index (χ0v) is 15.1. The molecule has 0 aromatic carbocycles. The third-order valence-electron chi connectivity index (χ3n) is 5.02. The molecule has 1 atom stereocenters. The smallest absolute Gasteiger partial charge is 0.225 e. The Bertz CT molecular complexity index is 727. The Kier molecular flexibility index (Phi) is 5.20. The van der Waals surface area contributed by atoms with Crippen molar-refractivity contribution in [1.29, 1.82) is 0 Å². The van der Waals surface area contributed by atoms with E-state index in [1.807, 2.05) is 6.07 Å². The van der Waals surface area contributed by atoms with E-state index in [9.17, 15) is 0 Å². The lowest BCUT2D eigenvalue weighted by Gasteiger charge is -2.36. The quantitative estimate of drug-likeness (QED) is 0.847. The van der Waals surface area contributed by atoms with Crippen molar-refractivity contribution in [3.05, 3.63) is 53.3 Å². The van der Waals surface area contributed by atoms with Crippen LogP contribution in [0.3, 0.4) is 0 Å². The summed E-state index contributed by atoms with van der Waals surface area (Å²) in [4.78, 5) is 11.0. The van der Waals surface area contributed by atoms with Gasteiger partial charge in [0.15, 0.2) is 11.5 Å². The number of ether oxygens (including phenoxy) is 2. The van der Waals surface area contributed by atoms with Crippen molar-refractivity contribution in [3.63, 3.8) is 0 Å². The molecule has 1 aliphatic carbocycles. The molecule has 1 aromatic rings. The van der Waals surface area contributed by atoms with Crippen molar-refractivity contribution in [1.82, 2.24) is 9.97 Å². The SMILES string of the molecule is NCCCN(CC1CCC2=CCC3=CCCOC3=C2O1)c1ncccn1. The maximum atomic E-state index is 6.41. The van der Waals surface area contributed by atoms with Gasteiger partial charge in [0.25, 0.3) is 0 Å². The molecule has 0 bridgehead atoms. The molecule has 2 aliphatic heterocycles. The molecule has 26 heavy (non-hydrogen) atoms. The number of allylic oxidation sites excluding steroid dienone is 3. The summed E-state index contributed by atoms with van der Waals surface area (Å²) < 4.78 is 12.4. The zero-order chi connectivity index (χ0) is 17.8. The maximum Gasteiger partial charge on any atom is 0.225 e. The highest BCUT2D eigenvalue weighted by molar-refractivity contribution is 5.46. The molecule has 6 nitrogen and oxygen atoms in total. The predicted molar refractivity (Wildman–Crippen MR) is 100 cm³/mol. The van der Waals surface area contributed by atoms with Gasteiger partial charge >= 0.3 is 0 Å². The molecular weight excluding hydrogens is 328 g/mol. The molecule has 1 unspecified atom stereocenters. The van der Waals surface area contributed by atoms with Gasteiger partial charge in [-0.3, -0.25) is 0 Å². The number of nitrogens with zero attached hydrogens (tertiary/aromatic N) is 3. The van der Waals surface area contributed by atoms with E-state index in [-0.39, 0.29) is 6.10 Å². The molecule has 3 aliphatic rings. The first-order valence-corrected chi connectivity index (χ1v) is 9.49. The molecule has 0 spiro atoms. The maximum absolute atomic E-state index is 6.41. The van der Waals surface area contributed by atoms with Crippen LogP contribution in [0.5, 0.6) is 0 Å². The van der Waals surface area contributed by atoms with Gasteiger partial charge in [-0.15, -0.1) is 0 Å². The summed E-state index contributed by atoms with van der Waals surface area (Å²) in [5.41, 5.74) is 8.27. The Morgan fingerprint density at radius 2 is 2.04 bits per heavy atom. The summed E-state index contributed by atoms with van der Waals surface area (Å²) >= 11 is 0. The van der Waals surface area contributed by atoms with Crippen LogP contribution in [0.25, 0.3) is 0 Å². The summed E-state index contributed by atoms with van der Waals surface area (Å²) in [6, 6.07) is 1.83. The molecule has 1 saturated heterocycles. The van der Waals surface area contributed by atoms with E-state index in [1.54, 1.807) is 12.4 Å². The Morgan fingerprint density at radius 1 is 1.15 bits per heavy atom. The highest BCUT2D eigenvalue weighted by atomic mass is 16.5. The minimum absolute atomic E-state index is 0.0982. The Balaban J connectivity index is 1.51. The first-order valence-electron chi connectivity index (χ1n) is 9.49. The van der Waals surface area contributed by atoms with Crippen molar-refractivity contribution in [2.45, 2.75) is 38.2 Å². The minimum Gasteiger partial charge on any atom is -0.489 e. The largest absolute Gasteiger partial charge is 0.489 e. The number of aromatic nitrogens is 2. The van der Waals surface area contributed by atoms with E-state index >= 15 is 0 Å². The second-order valence-electron chi connectivity index (χ2n) is 6.87. The highest BCUT2D eigenvalue weighted by Gasteiger charge is 2.31. The summed E-state index contributed by atoms with van der Waals surface area (Å²) in [5, 5.41) is 0. The van der Waals surface area contributed by atoms with E-state index < -0.39 is 0 Å². The topological polar surface area (TPSA) is 73.5 Å². The highest BCUT2D eigenvalue weighted by Crippen LogP contribution is 2.39. The molecule has 0 amide bonds. The van der Waals surface area contributed by atoms with E-state index in [1.165, 1.54) is 11.1 Å². The van der Waals surface area contributed by atoms with Gasteiger partial charge in [-0.25, -0.2) is 9.97 Å². The van der Waals surface area contributed by atoms with Crippen molar-refractivity contribution >= 4 is 5.95 Å². The van der Waals surface area contributed by atoms with Gasteiger partial charge in [0.1, 0.15) is 6.10 Å². The average molecular weight is 354 g/mol. The Morgan fingerprint density at radius 3 is 2.88 bits per heavy atom. The van der Waals surface area contributed by atoms with Crippen LogP contribution in [0.4, 0.5) is 5.95 Å². The first-order chi connectivity index (χ1) is 12.8. The second-order valence-corrected chi connectivity index (χ2v) is 6.87. The first kappa shape index (κ1) is 17.1. The average Bonchev–Trinajstić information content (AvgIpc) is 2.71. The van der Waals surface area contributed by atoms with E-state index in [0.717, 1.165) is 69.3 Å². The minimum atomic E-state index is 0.0982. The monoisotopic (exact) mass is 354 g/mol. The van der Waals surface area contributed by atoms with E-state index in [2.05, 4.69) is 27.0 Å². The van der Waals surface area contributed by atoms with Crippen molar-refractivity contribution in [2.24, 2.45) is 5.73 Å². The van der Waals surface area contributed by atoms with Gasteiger partial charge in [0.2, 0.25) is 5.95 Å². The third-order valence-corrected chi connectivity index (χ3v) is 5.02. The van der Waals surface area contributed by atoms with Gasteiger partial charge < -0.3 is 20.1 Å². The van der Waals surface area contributed by atoms with Gasteiger partial charge in [0, 0.05) is 25.4 Å². The Hall–Kier alpha value is -2.34. The van der Waals surface area contributed by atoms with Gasteiger partial charge in [-0.05, 0) is 49.4 Å². The van der Waals surface area contributed by atoms with Gasteiger partial charge in [0.05, 0.1) is 13.2 Å². The van der Waals surface area contributed by atoms with E-state index in [0.29, 0.717) is 6.54 Å². The number of rotatable bonds is 6. The van der Waals surface area contributed by atoms with Gasteiger partial charge in [-0.2, -0.15) is 0 Å². The van der Waals surface area contributed by atoms with Crippen LogP contribution in [-0.4, -0.2) is 42.3 Å². The lowest BCUT2D eigenvalue weighted by molar-refractivity contribution is 0.0782. The Labute approximate surface area is 154 Å². The van der Waals surface area contributed by atoms with Gasteiger partial charge in [-0.1, -0.05) is 12.2 Å². The van der Waals surface area contributed by atoms with Crippen LogP contribution in [0, 0.1) is 0 Å². The molecule has 1 fully saturated rings. The number of anilines is 1. The fraction of sp³-hybridized carbons (Fsp3) is 0.500. The summed E-state index contributed by atoms with van der Waals surface area (Å²) in [6.07, 6.45) is 13.1. The molecule has 138 valence electrons. The molecule has 1 aromatic heterocycles. The van der Waals surface area contributed by atoms with Crippen molar-refractivity contribution < 1.29 is 9.47 Å². The fourth-order valence-electron chi connectivity index (χ4n) is 3.71. The zero-order valence-electron chi connectivity index (χ0n) is 15.1. The second kappa shape index (κ2) is 7.91. The van der Waals surface area contributed by atoms with Crippen molar-refractivity contribution in [2.75, 3.05) is 31.1 Å². The van der Waals surface area contributed by atoms with Crippen LogP contribution < -0.4 is 10.6 Å². The number of hydrogen-bond acceptors (Lipinski definition) is 6. The molecule has 6 heteroatoms. The summed E-state index contributed by atoms with van der Waals surface area (Å²) in [6.45, 7) is 2.98. The molecule has 0 saturated carbocycles. The fourth-order valence-corrected chi connectivity index (χ4v) is 3.71. The number of fused-ring (bicyclic) bond motifs is 2. The van der Waals surface area contributed by atoms with Crippen LogP contribution in [-0.2, 0) is 9.47 Å². The lowest BCUT2D eigenvalue weighted by atomic mass is 9.91. The van der Waals surface area contributed by atoms with Crippen LogP contribution in [0.2, 0.25) is 0 Å². The van der Waals surface area contributed by atoms with Crippen LogP contribution in [0.1, 0.15) is 32.1 Å². The van der Waals surface area contributed by atoms with Crippen molar-refractivity contribution in [3.8, 4) is 0 Å². The van der Waals surface area contributed by atoms with Crippen LogP contribution >= 0.6 is 0 Å². The summed E-state index contributed by atoms with van der Waals surface area (Å²) in [7, 11) is 0. The van der Waals surface area contributed by atoms with Crippen LogP contribution in [0.15, 0.2) is 53.3 Å². The molecule has 3 heterocycles. The molecule has 2 N–H and O–H groups in total. The third kappa shape index (κ3) is 3.60. The number of nitrogens with two attached hydrogens (primary N) is 1. The lowest BCUT2D eigenvalue weighted by Crippen LogP contribution is -2.38. The molecule has 0 radical (unpaired) electrons. The molecule has 4 rings (SSSR count). The normalized spacial score (nSPS) is 21.7. The predicted octanol–water partition coefficient (Wildman–Crippen LogP) is 2.70. The standard InChI is InChI=1S/C20H26N4O2/c21-9-2-12-24(20-22-10-3-11-23-20)14-17-8-7-16-6-5-15-4-1-13-25-18(15)19(16)26-17/h3-4,6,10-11,17H,1-2,5,7-9,12-14,21H2. The summed E-state index contributed by atoms with van der Waals surface area (Å²) in [5.74, 6) is 2.65. The molecular formula is C20H26N4O2. The number of hydrogen-bond donors (Lipinski definition) is 1. The van der Waals surface area contributed by atoms with E-state index in [4.69, 9.17) is 15.2 Å².